The summed E-state index contributed by atoms with van der Waals surface area (Å²) in [4.78, 5) is 295. The summed E-state index contributed by atoms with van der Waals surface area (Å²) in [6.07, 6.45) is 0.812. The average Bonchev–Trinajstić information content (AvgIpc) is 1.62. The quantitative estimate of drug-likeness (QED) is 0.0217. The zero-order valence-corrected chi connectivity index (χ0v) is 78.9. The number of likely N-dealkylation sites (N-methyl/N-ethyl adjacent to an activating group) is 3. The maximum atomic E-state index is 15.8. The smallest absolute Gasteiger partial charge is 0.305 e. The maximum absolute atomic E-state index is 15.8. The largest absolute Gasteiger partial charge is 0.497 e. The summed E-state index contributed by atoms with van der Waals surface area (Å²) in [7, 11) is 5.18. The second-order valence-corrected chi connectivity index (χ2v) is 35.7. The molecule has 0 saturated carbocycles. The van der Waals surface area contributed by atoms with E-state index in [0.29, 0.717) is 75.3 Å². The number of thioether (sulfide) groups is 1. The van der Waals surface area contributed by atoms with Crippen LogP contribution in [0.5, 0.6) is 5.75 Å². The van der Waals surface area contributed by atoms with Gasteiger partial charge in [0.1, 0.15) is 90.3 Å². The average molecular weight is 1940 g/mol. The van der Waals surface area contributed by atoms with Crippen molar-refractivity contribution in [3.8, 4) is 5.75 Å². The first kappa shape index (κ1) is 108. The number of hydrogen-bond donors (Lipinski definition) is 19. The van der Waals surface area contributed by atoms with Crippen LogP contribution in [0.15, 0.2) is 97.7 Å². The molecule has 0 spiro atoms. The van der Waals surface area contributed by atoms with E-state index in [0.717, 1.165) is 24.5 Å². The van der Waals surface area contributed by atoms with Gasteiger partial charge in [0.25, 0.3) is 0 Å². The number of aliphatic hydroxyl groups is 1. The molecule has 3 aromatic carbocycles. The van der Waals surface area contributed by atoms with Crippen LogP contribution < -0.4 is 75.1 Å². The number of aromatic amines is 3. The molecular weight excluding hydrogens is 1810 g/mol. The first-order valence-electron chi connectivity index (χ1n) is 45.9. The summed E-state index contributed by atoms with van der Waals surface area (Å²) < 4.78 is 5.34. The number of nitrogens with one attached hydrogen (secondary N) is 13. The van der Waals surface area contributed by atoms with Gasteiger partial charge in [-0.1, -0.05) is 88.1 Å². The summed E-state index contributed by atoms with van der Waals surface area (Å²) in [6.45, 7) is 3.54. The topological polar surface area (TPSA) is 669 Å². The van der Waals surface area contributed by atoms with Crippen molar-refractivity contribution in [2.45, 2.75) is 240 Å². The number of hydrogen-bond acceptors (Lipinski definition) is 24. The summed E-state index contributed by atoms with van der Waals surface area (Å²) in [6, 6.07) is -2.97. The van der Waals surface area contributed by atoms with Crippen molar-refractivity contribution in [3.05, 3.63) is 120 Å². The normalized spacial score (nSPS) is 24.4. The highest BCUT2D eigenvalue weighted by Gasteiger charge is 2.47. The van der Waals surface area contributed by atoms with Crippen molar-refractivity contribution in [2.24, 2.45) is 17.2 Å². The molecule has 3 fully saturated rings. The number of aliphatic carboxylic acids is 2. The Labute approximate surface area is 799 Å². The number of para-hydroxylation sites is 2. The van der Waals surface area contributed by atoms with Crippen molar-refractivity contribution in [1.29, 1.82) is 0 Å². The summed E-state index contributed by atoms with van der Waals surface area (Å²) in [5, 5.41) is 59.2. The van der Waals surface area contributed by atoms with Crippen LogP contribution in [0.4, 0.5) is 0 Å². The number of primary amides is 2. The van der Waals surface area contributed by atoms with E-state index in [1.54, 1.807) is 99.0 Å². The van der Waals surface area contributed by atoms with Crippen LogP contribution in [-0.4, -0.2) is 329 Å². The number of fused-ring (bicyclic) bond motifs is 4. The van der Waals surface area contributed by atoms with Crippen molar-refractivity contribution in [2.75, 3.05) is 65.9 Å². The summed E-state index contributed by atoms with van der Waals surface area (Å²) in [5.41, 5.74) is 19.9. The van der Waals surface area contributed by atoms with Gasteiger partial charge in [0.15, 0.2) is 0 Å². The summed E-state index contributed by atoms with van der Waals surface area (Å²) in [5.74, 6) is -20.9. The molecule has 3 aromatic heterocycles. The van der Waals surface area contributed by atoms with E-state index in [9.17, 15) is 68.1 Å². The van der Waals surface area contributed by atoms with Gasteiger partial charge in [0, 0.05) is 125 Å². The number of imidazole rings is 1. The zero-order chi connectivity index (χ0) is 101. The Hall–Kier alpha value is -14.1. The minimum Gasteiger partial charge on any atom is -0.497 e. The molecule has 17 amide bonds. The molecule has 3 saturated heterocycles. The van der Waals surface area contributed by atoms with Gasteiger partial charge in [0.05, 0.1) is 44.7 Å². The summed E-state index contributed by atoms with van der Waals surface area (Å²) >= 11 is 0.714. The highest BCUT2D eigenvalue weighted by atomic mass is 32.2. The molecule has 748 valence electrons. The molecule has 46 heteroatoms. The number of rotatable bonds is 29. The predicted octanol–water partition coefficient (Wildman–Crippen LogP) is -2.46. The molecule has 0 aliphatic carbocycles. The molecule has 0 radical (unpaired) electrons. The number of H-pyrrole nitrogens is 3. The molecule has 15 atom stereocenters. The van der Waals surface area contributed by atoms with Crippen LogP contribution >= 0.6 is 11.8 Å². The van der Waals surface area contributed by atoms with Crippen LogP contribution in [0.25, 0.3) is 21.8 Å². The molecule has 0 bridgehead atoms. The lowest BCUT2D eigenvalue weighted by Crippen LogP contribution is -2.61. The predicted molar refractivity (Wildman–Crippen MR) is 501 cm³/mol. The van der Waals surface area contributed by atoms with E-state index >= 15 is 38.4 Å². The first-order valence-corrected chi connectivity index (χ1v) is 47.1. The number of aliphatic hydroxyl groups excluding tert-OH is 1. The van der Waals surface area contributed by atoms with Crippen molar-refractivity contribution < 1.29 is 111 Å². The number of carbonyl (C=O) groups is 19. The Balaban J connectivity index is 1.12. The number of nitrogens with two attached hydrogens (primary N) is 3. The fraction of sp³-hybridized carbons (Fsp3) is 0.522. The molecular formula is C92H126N22O23S. The van der Waals surface area contributed by atoms with Crippen molar-refractivity contribution in [1.82, 2.24) is 97.6 Å². The van der Waals surface area contributed by atoms with Crippen LogP contribution in [0.2, 0.25) is 0 Å². The Morgan fingerprint density at radius 2 is 1.07 bits per heavy atom. The fourth-order valence-electron chi connectivity index (χ4n) is 16.9. The number of methoxy groups -OCH3 is 1. The monoisotopic (exact) mass is 1940 g/mol. The number of benzene rings is 3. The molecule has 3 aliphatic rings. The third kappa shape index (κ3) is 30.0. The Kier molecular flexibility index (Phi) is 40.4. The van der Waals surface area contributed by atoms with Gasteiger partial charge >= 0.3 is 11.9 Å². The van der Waals surface area contributed by atoms with Crippen LogP contribution in [0, 0.1) is 0 Å². The number of aromatic nitrogens is 4. The number of carbonyl (C=O) groups excluding carboxylic acids is 17. The molecule has 22 N–H and O–H groups in total. The van der Waals surface area contributed by atoms with Gasteiger partial charge < -0.3 is 130 Å². The number of carboxylic acid groups (broad SMARTS) is 2. The number of unbranched alkanes of at least 4 members (excludes halogenated alkanes) is 3. The molecule has 3 aliphatic heterocycles. The molecule has 6 aromatic rings. The van der Waals surface area contributed by atoms with Gasteiger partial charge in [-0.05, 0) is 106 Å². The molecule has 0 unspecified atom stereocenters. The van der Waals surface area contributed by atoms with Gasteiger partial charge in [-0.2, -0.15) is 0 Å². The van der Waals surface area contributed by atoms with Gasteiger partial charge in [-0.25, -0.2) is 4.98 Å². The van der Waals surface area contributed by atoms with Crippen LogP contribution in [0.1, 0.15) is 146 Å². The van der Waals surface area contributed by atoms with E-state index in [2.05, 4.69) is 73.1 Å². The molecule has 45 nitrogen and oxygen atoms in total. The number of ether oxygens (including phenoxy) is 1. The van der Waals surface area contributed by atoms with Crippen LogP contribution in [0.3, 0.4) is 0 Å². The van der Waals surface area contributed by atoms with Gasteiger partial charge in [-0.15, -0.1) is 11.8 Å². The van der Waals surface area contributed by atoms with Crippen molar-refractivity contribution >= 4 is 146 Å². The highest BCUT2D eigenvalue weighted by Crippen LogP contribution is 2.28. The lowest BCUT2D eigenvalue weighted by Gasteiger charge is -2.36. The third-order valence-electron chi connectivity index (χ3n) is 24.6. The van der Waals surface area contributed by atoms with E-state index in [1.807, 2.05) is 0 Å². The van der Waals surface area contributed by atoms with Gasteiger partial charge in [-0.3, -0.25) is 91.1 Å². The second kappa shape index (κ2) is 51.8. The molecule has 9 rings (SSSR count). The van der Waals surface area contributed by atoms with Crippen molar-refractivity contribution in [3.63, 3.8) is 0 Å². The number of carboxylic acids is 2. The Morgan fingerprint density at radius 1 is 0.522 bits per heavy atom. The minimum atomic E-state index is -2.08. The standard InChI is InChI=1S/C92H126N22O23S/c1-8-10-24-70-85(129)102-61(31-32-77(119)120)81(125)109-69(80(124)99-45-75(95)117)47-138-48-76(118)101-66(35-51-27-29-56(137-7)30-28-51)88(132)110(4)50(3)79(123)107-68(40-74(94)116)91(135)113-34-18-26-71(113)86(130)106-64(38-54-44-96-49-100-54)83(127)103-62(23-16-17-33-93)90(134)114-46-55(115)39-73(114)87(131)105-63(36-52-42-97-59-21-14-12-19-57(52)59)82(126)104-65(41-78(121)122)84(128)108-67(37-53-43-98-60-22-15-13-20-58(53)60)89(133)112(6)72(25-11-9-2)92(136)111(70)5/h12-15,19-22,27-30,42-44,49-50,55,61-73,97-98,115H,8-11,16-18,23-26,31-41,45-48,93H2,1-7H3,(H2,94,116)(H2,95,117)(H,96,100)(H,99,124)(H,101,118)(H,102,129)(H,103,127)(H,104,126)(H,105,131)(H,106,130)(H,107,123)(H,108,128)(H,109,125)(H,119,120)(H,121,122)/t50-,55+,61-,62-,63-,64-,65-,66-,67-,68-,69-,70-,71-,72-,73-/m0/s1. The Bertz CT molecular complexity index is 5340. The van der Waals surface area contributed by atoms with E-state index in [1.165, 1.54) is 47.7 Å². The van der Waals surface area contributed by atoms with E-state index in [-0.39, 0.29) is 89.4 Å². The lowest BCUT2D eigenvalue weighted by molar-refractivity contribution is -0.149. The third-order valence-corrected chi connectivity index (χ3v) is 25.7. The number of amides is 17. The SMILES string of the molecule is CCCC[C@H]1C(=O)N(C)[C@@H](CCCC)C(=O)N[C@@H](CCC(=O)O)C(=O)N[C@H](C(=O)NCC(N)=O)CSCC(=O)N[C@@H](Cc2ccc(OC)cc2)C(=O)N(C)[C@@H](C)C(=O)N[C@@H](CC(N)=O)C(=O)N2CCC[C@H]2C(=O)N[C@@H](Cc2cnc[nH]2)C(=O)N[C@@H](CCCCN)C(=O)N2C[C@H](O)C[C@H]2C(=O)N[C@@H](Cc2c[nH]c3ccccc23)C(=O)N[C@@H](CC(=O)O)C(=O)N[C@@H](Cc2c[nH]c3ccccc23)C(=O)N1C. The van der Waals surface area contributed by atoms with E-state index < -0.39 is 266 Å². The maximum Gasteiger partial charge on any atom is 0.305 e. The van der Waals surface area contributed by atoms with Gasteiger partial charge in [0.2, 0.25) is 100 Å². The Morgan fingerprint density at radius 3 is 1.66 bits per heavy atom. The fourth-order valence-corrected chi connectivity index (χ4v) is 17.8. The highest BCUT2D eigenvalue weighted by molar-refractivity contribution is 8.00. The van der Waals surface area contributed by atoms with E-state index in [4.69, 9.17) is 21.9 Å². The number of nitrogens with zero attached hydrogens (tertiary/aromatic N) is 6. The molecule has 138 heavy (non-hydrogen) atoms. The minimum absolute atomic E-state index is 0.0405. The van der Waals surface area contributed by atoms with Crippen LogP contribution in [-0.2, 0) is 117 Å². The lowest BCUT2D eigenvalue weighted by atomic mass is 9.99. The first-order chi connectivity index (χ1) is 65.8. The zero-order valence-electron chi connectivity index (χ0n) is 78.1. The second-order valence-electron chi connectivity index (χ2n) is 34.7. The molecule has 6 heterocycles.